The molecule has 0 aliphatic carbocycles. The molecule has 23 heavy (non-hydrogen) atoms. The number of halogens is 2. The number of amides is 1. The number of pyridine rings is 1. The minimum atomic E-state index is 0.0531. The lowest BCUT2D eigenvalue weighted by molar-refractivity contribution is 0.0724. The number of likely N-dealkylation sites (tertiary alicyclic amines) is 1. The molecular formula is C17H17Cl2N3O. The molecule has 3 rings (SSSR count). The molecule has 0 spiro atoms. The predicted octanol–water partition coefficient (Wildman–Crippen LogP) is 4.76. The Balaban J connectivity index is 1.78. The van der Waals surface area contributed by atoms with Gasteiger partial charge in [0.1, 0.15) is 5.82 Å². The van der Waals surface area contributed by atoms with Crippen LogP contribution >= 0.6 is 23.2 Å². The van der Waals surface area contributed by atoms with Gasteiger partial charge in [0.15, 0.2) is 0 Å². The van der Waals surface area contributed by atoms with Crippen LogP contribution in [0.25, 0.3) is 0 Å². The van der Waals surface area contributed by atoms with Gasteiger partial charge < -0.3 is 10.2 Å². The number of hydrogen-bond acceptors (Lipinski definition) is 3. The average Bonchev–Trinajstić information content (AvgIpc) is 2.58. The van der Waals surface area contributed by atoms with Gasteiger partial charge in [0, 0.05) is 29.9 Å². The van der Waals surface area contributed by atoms with Crippen LogP contribution in [0.1, 0.15) is 29.6 Å². The van der Waals surface area contributed by atoms with Crippen LogP contribution in [0.3, 0.4) is 0 Å². The number of aromatic nitrogens is 1. The first-order chi connectivity index (χ1) is 11.1. The standard InChI is InChI=1S/C17H17Cl2N3O/c18-13-4-5-15(14(19)11-13)21-16-10-12(6-7-20-16)17(23)22-8-2-1-3-9-22/h4-7,10-11H,1-3,8-9H2,(H,20,21). The highest BCUT2D eigenvalue weighted by atomic mass is 35.5. The summed E-state index contributed by atoms with van der Waals surface area (Å²) in [5.41, 5.74) is 1.33. The summed E-state index contributed by atoms with van der Waals surface area (Å²) >= 11 is 12.0. The van der Waals surface area contributed by atoms with Gasteiger partial charge in [-0.15, -0.1) is 0 Å². The maximum absolute atomic E-state index is 12.5. The first kappa shape index (κ1) is 16.1. The number of carbonyl (C=O) groups excluding carboxylic acids is 1. The van der Waals surface area contributed by atoms with E-state index in [1.165, 1.54) is 6.42 Å². The molecule has 6 heteroatoms. The topological polar surface area (TPSA) is 45.2 Å². The molecule has 1 aliphatic heterocycles. The maximum Gasteiger partial charge on any atom is 0.254 e. The van der Waals surface area contributed by atoms with Gasteiger partial charge in [-0.05, 0) is 49.6 Å². The van der Waals surface area contributed by atoms with Crippen molar-refractivity contribution in [3.05, 3.63) is 52.1 Å². The van der Waals surface area contributed by atoms with Gasteiger partial charge in [-0.1, -0.05) is 23.2 Å². The number of benzene rings is 1. The third-order valence-electron chi connectivity index (χ3n) is 3.84. The highest BCUT2D eigenvalue weighted by Crippen LogP contribution is 2.28. The van der Waals surface area contributed by atoms with E-state index in [2.05, 4.69) is 10.3 Å². The number of rotatable bonds is 3. The fraction of sp³-hybridized carbons (Fsp3) is 0.294. The largest absolute Gasteiger partial charge is 0.339 e. The van der Waals surface area contributed by atoms with Crippen LogP contribution in [0.15, 0.2) is 36.5 Å². The summed E-state index contributed by atoms with van der Waals surface area (Å²) in [5, 5.41) is 4.20. The van der Waals surface area contributed by atoms with Crippen LogP contribution < -0.4 is 5.32 Å². The minimum Gasteiger partial charge on any atom is -0.339 e. The summed E-state index contributed by atoms with van der Waals surface area (Å²) in [4.78, 5) is 18.7. The van der Waals surface area contributed by atoms with Crippen LogP contribution in [0.4, 0.5) is 11.5 Å². The van der Waals surface area contributed by atoms with E-state index in [-0.39, 0.29) is 5.91 Å². The predicted molar refractivity (Wildman–Crippen MR) is 93.7 cm³/mol. The zero-order valence-electron chi connectivity index (χ0n) is 12.6. The Hall–Kier alpha value is -1.78. The van der Waals surface area contributed by atoms with Crippen molar-refractivity contribution in [1.29, 1.82) is 0 Å². The Morgan fingerprint density at radius 2 is 1.87 bits per heavy atom. The third-order valence-corrected chi connectivity index (χ3v) is 4.39. The molecule has 0 radical (unpaired) electrons. The zero-order valence-corrected chi connectivity index (χ0v) is 14.1. The van der Waals surface area contributed by atoms with E-state index >= 15 is 0 Å². The van der Waals surface area contributed by atoms with Crippen molar-refractivity contribution in [3.8, 4) is 0 Å². The molecular weight excluding hydrogens is 333 g/mol. The lowest BCUT2D eigenvalue weighted by Crippen LogP contribution is -2.35. The Morgan fingerprint density at radius 1 is 1.09 bits per heavy atom. The van der Waals surface area contributed by atoms with Crippen molar-refractivity contribution >= 4 is 40.6 Å². The number of piperidine rings is 1. The normalized spacial score (nSPS) is 14.6. The van der Waals surface area contributed by atoms with Crippen LogP contribution in [0, 0.1) is 0 Å². The van der Waals surface area contributed by atoms with E-state index in [9.17, 15) is 4.79 Å². The van der Waals surface area contributed by atoms with Gasteiger partial charge in [-0.3, -0.25) is 4.79 Å². The number of nitrogens with one attached hydrogen (secondary N) is 1. The molecule has 1 amide bonds. The summed E-state index contributed by atoms with van der Waals surface area (Å²) in [6.45, 7) is 1.65. The first-order valence-electron chi connectivity index (χ1n) is 7.61. The molecule has 4 nitrogen and oxygen atoms in total. The van der Waals surface area contributed by atoms with Gasteiger partial charge in [-0.25, -0.2) is 4.98 Å². The van der Waals surface area contributed by atoms with E-state index in [0.29, 0.717) is 27.1 Å². The van der Waals surface area contributed by atoms with Crippen molar-refractivity contribution in [3.63, 3.8) is 0 Å². The van der Waals surface area contributed by atoms with E-state index in [1.807, 2.05) is 4.90 Å². The smallest absolute Gasteiger partial charge is 0.254 e. The molecule has 0 unspecified atom stereocenters. The molecule has 0 saturated carbocycles. The molecule has 120 valence electrons. The molecule has 1 saturated heterocycles. The first-order valence-corrected chi connectivity index (χ1v) is 8.36. The zero-order chi connectivity index (χ0) is 16.2. The van der Waals surface area contributed by atoms with Gasteiger partial charge in [0.05, 0.1) is 10.7 Å². The molecule has 2 heterocycles. The molecule has 1 aromatic heterocycles. The van der Waals surface area contributed by atoms with Crippen LogP contribution in [-0.2, 0) is 0 Å². The van der Waals surface area contributed by atoms with Crippen molar-refractivity contribution in [2.24, 2.45) is 0 Å². The number of nitrogens with zero attached hydrogens (tertiary/aromatic N) is 2. The van der Waals surface area contributed by atoms with E-state index in [1.54, 1.807) is 36.5 Å². The lowest BCUT2D eigenvalue weighted by Gasteiger charge is -2.26. The summed E-state index contributed by atoms with van der Waals surface area (Å²) in [6, 6.07) is 8.69. The number of anilines is 2. The summed E-state index contributed by atoms with van der Waals surface area (Å²) in [6.07, 6.45) is 4.97. The third kappa shape index (κ3) is 3.95. The highest BCUT2D eigenvalue weighted by molar-refractivity contribution is 6.36. The molecule has 1 fully saturated rings. The monoisotopic (exact) mass is 349 g/mol. The van der Waals surface area contributed by atoms with Gasteiger partial charge in [-0.2, -0.15) is 0 Å². The van der Waals surface area contributed by atoms with Crippen molar-refractivity contribution in [1.82, 2.24) is 9.88 Å². The quantitative estimate of drug-likeness (QED) is 0.868. The lowest BCUT2D eigenvalue weighted by atomic mass is 10.1. The fourth-order valence-electron chi connectivity index (χ4n) is 2.64. The summed E-state index contributed by atoms with van der Waals surface area (Å²) in [7, 11) is 0. The Labute approximate surface area is 145 Å². The van der Waals surface area contributed by atoms with Crippen LogP contribution in [0.5, 0.6) is 0 Å². The Bertz CT molecular complexity index is 715. The second-order valence-corrected chi connectivity index (χ2v) is 6.38. The second kappa shape index (κ2) is 7.20. The molecule has 1 N–H and O–H groups in total. The summed E-state index contributed by atoms with van der Waals surface area (Å²) < 4.78 is 0. The molecule has 1 aromatic carbocycles. The van der Waals surface area contributed by atoms with Gasteiger partial charge in [0.2, 0.25) is 0 Å². The molecule has 0 bridgehead atoms. The molecule has 1 aliphatic rings. The molecule has 0 atom stereocenters. The number of hydrogen-bond donors (Lipinski definition) is 1. The Morgan fingerprint density at radius 3 is 2.61 bits per heavy atom. The minimum absolute atomic E-state index is 0.0531. The number of carbonyl (C=O) groups is 1. The Kier molecular flexibility index (Phi) is 5.03. The van der Waals surface area contributed by atoms with E-state index in [4.69, 9.17) is 23.2 Å². The van der Waals surface area contributed by atoms with Crippen molar-refractivity contribution < 1.29 is 4.79 Å². The fourth-order valence-corrected chi connectivity index (χ4v) is 3.10. The summed E-state index contributed by atoms with van der Waals surface area (Å²) in [5.74, 6) is 0.634. The van der Waals surface area contributed by atoms with Crippen LogP contribution in [0.2, 0.25) is 10.0 Å². The van der Waals surface area contributed by atoms with Crippen LogP contribution in [-0.4, -0.2) is 28.9 Å². The van der Waals surface area contributed by atoms with E-state index < -0.39 is 0 Å². The van der Waals surface area contributed by atoms with E-state index in [0.717, 1.165) is 25.9 Å². The second-order valence-electron chi connectivity index (χ2n) is 5.53. The highest BCUT2D eigenvalue weighted by Gasteiger charge is 2.18. The van der Waals surface area contributed by atoms with Gasteiger partial charge in [0.25, 0.3) is 5.91 Å². The van der Waals surface area contributed by atoms with Gasteiger partial charge >= 0.3 is 0 Å². The SMILES string of the molecule is O=C(c1ccnc(Nc2ccc(Cl)cc2Cl)c1)N1CCCCC1. The van der Waals surface area contributed by atoms with Crippen molar-refractivity contribution in [2.75, 3.05) is 18.4 Å². The van der Waals surface area contributed by atoms with Crippen molar-refractivity contribution in [2.45, 2.75) is 19.3 Å². The molecule has 2 aromatic rings. The average molecular weight is 350 g/mol. The maximum atomic E-state index is 12.5.